The molecule has 3 aliphatic rings. The molecule has 2 N–H and O–H groups in total. The fourth-order valence-corrected chi connectivity index (χ4v) is 5.37. The van der Waals surface area contributed by atoms with Crippen molar-refractivity contribution in [3.05, 3.63) is 101 Å². The van der Waals surface area contributed by atoms with Gasteiger partial charge < -0.3 is 34.5 Å². The van der Waals surface area contributed by atoms with Crippen molar-refractivity contribution < 1.29 is 33.3 Å². The molecular formula is C33H33N5O7. The first kappa shape index (κ1) is 29.5. The Morgan fingerprint density at radius 2 is 1.80 bits per heavy atom. The van der Waals surface area contributed by atoms with Crippen molar-refractivity contribution in [1.29, 1.82) is 0 Å². The van der Waals surface area contributed by atoms with E-state index in [1.54, 1.807) is 46.2 Å². The molecule has 1 fully saturated rings. The van der Waals surface area contributed by atoms with Gasteiger partial charge >= 0.3 is 0 Å². The Labute approximate surface area is 259 Å². The molecule has 0 spiro atoms. The Morgan fingerprint density at radius 1 is 0.978 bits per heavy atom. The van der Waals surface area contributed by atoms with Crippen LogP contribution in [0, 0.1) is 0 Å². The van der Waals surface area contributed by atoms with Gasteiger partial charge in [0.25, 0.3) is 17.7 Å². The van der Waals surface area contributed by atoms with Gasteiger partial charge in [-0.15, -0.1) is 0 Å². The normalized spacial score (nSPS) is 18.1. The van der Waals surface area contributed by atoms with E-state index >= 15 is 0 Å². The number of aromatic nitrogens is 2. The van der Waals surface area contributed by atoms with Gasteiger partial charge in [-0.2, -0.15) is 5.10 Å². The molecule has 0 unspecified atom stereocenters. The molecule has 232 valence electrons. The number of rotatable bonds is 5. The predicted octanol–water partition coefficient (Wildman–Crippen LogP) is 2.66. The number of nitrogens with zero attached hydrogens (tertiary/aromatic N) is 3. The SMILES string of the molecule is COc1ccc2cc1OCC(=O)NCc1ccc(c(OC)c1)O[C@H]1CN(C(=O)c3cnn(Cc4ccccc4)c3)C[C@@H]1NC2=O. The first-order valence-corrected chi connectivity index (χ1v) is 14.5. The van der Waals surface area contributed by atoms with Crippen molar-refractivity contribution in [1.82, 2.24) is 25.3 Å². The molecule has 0 radical (unpaired) electrons. The molecule has 12 nitrogen and oxygen atoms in total. The molecule has 3 aliphatic heterocycles. The zero-order valence-corrected chi connectivity index (χ0v) is 24.9. The average Bonchev–Trinajstić information content (AvgIpc) is 3.69. The Kier molecular flexibility index (Phi) is 8.54. The fraction of sp³-hybridized carbons (Fsp3) is 0.273. The van der Waals surface area contributed by atoms with Crippen molar-refractivity contribution in [2.75, 3.05) is 33.9 Å². The molecule has 0 saturated carbocycles. The number of amides is 3. The second-order valence-corrected chi connectivity index (χ2v) is 10.8. The number of carbonyl (C=O) groups is 3. The molecule has 1 aromatic heterocycles. The molecule has 3 amide bonds. The van der Waals surface area contributed by atoms with Crippen LogP contribution in [0.5, 0.6) is 23.0 Å². The van der Waals surface area contributed by atoms with Crippen LogP contribution in [-0.4, -0.2) is 78.5 Å². The van der Waals surface area contributed by atoms with Gasteiger partial charge in [0.05, 0.1) is 45.1 Å². The molecule has 1 saturated heterocycles. The molecule has 0 aliphatic carbocycles. The van der Waals surface area contributed by atoms with Crippen molar-refractivity contribution in [3.8, 4) is 23.0 Å². The smallest absolute Gasteiger partial charge is 0.258 e. The highest BCUT2D eigenvalue weighted by molar-refractivity contribution is 5.96. The Bertz CT molecular complexity index is 1710. The number of fused-ring (bicyclic) bond motifs is 7. The summed E-state index contributed by atoms with van der Waals surface area (Å²) >= 11 is 0. The quantitative estimate of drug-likeness (QED) is 0.352. The number of methoxy groups -OCH3 is 2. The molecule has 2 atom stereocenters. The number of likely N-dealkylation sites (tertiary alicyclic amines) is 1. The lowest BCUT2D eigenvalue weighted by Gasteiger charge is -2.22. The van der Waals surface area contributed by atoms with Gasteiger partial charge in [-0.25, -0.2) is 0 Å². The van der Waals surface area contributed by atoms with Crippen molar-refractivity contribution >= 4 is 17.7 Å². The number of nitrogens with one attached hydrogen (secondary N) is 2. The number of hydrogen-bond acceptors (Lipinski definition) is 8. The third-order valence-electron chi connectivity index (χ3n) is 7.72. The van der Waals surface area contributed by atoms with Crippen molar-refractivity contribution in [3.63, 3.8) is 0 Å². The molecule has 4 aromatic rings. The summed E-state index contributed by atoms with van der Waals surface area (Å²) in [4.78, 5) is 41.3. The zero-order chi connectivity index (χ0) is 31.3. The monoisotopic (exact) mass is 611 g/mol. The van der Waals surface area contributed by atoms with E-state index in [2.05, 4.69) is 15.7 Å². The van der Waals surface area contributed by atoms with E-state index in [0.717, 1.165) is 11.1 Å². The van der Waals surface area contributed by atoms with Crippen molar-refractivity contribution in [2.24, 2.45) is 0 Å². The summed E-state index contributed by atoms with van der Waals surface area (Å²) in [6.45, 7) is 0.917. The first-order chi connectivity index (χ1) is 21.9. The summed E-state index contributed by atoms with van der Waals surface area (Å²) in [5.74, 6) is 0.558. The Hall–Kier alpha value is -5.52. The van der Waals surface area contributed by atoms with Crippen LogP contribution in [0.2, 0.25) is 0 Å². The summed E-state index contributed by atoms with van der Waals surface area (Å²) in [6.07, 6.45) is 2.68. The van der Waals surface area contributed by atoms with Crippen LogP contribution in [0.4, 0.5) is 0 Å². The van der Waals surface area contributed by atoms with Gasteiger partial charge in [-0.3, -0.25) is 19.1 Å². The van der Waals surface area contributed by atoms with Crippen LogP contribution >= 0.6 is 0 Å². The van der Waals surface area contributed by atoms with Crippen LogP contribution in [-0.2, 0) is 17.9 Å². The highest BCUT2D eigenvalue weighted by atomic mass is 16.5. The summed E-state index contributed by atoms with van der Waals surface area (Å²) in [5.41, 5.74) is 2.59. The van der Waals surface area contributed by atoms with E-state index in [0.29, 0.717) is 34.9 Å². The number of hydrogen-bond donors (Lipinski definition) is 2. The van der Waals surface area contributed by atoms with E-state index in [9.17, 15) is 14.4 Å². The minimum Gasteiger partial charge on any atom is -0.493 e. The second kappa shape index (κ2) is 13.0. The molecule has 4 bridgehead atoms. The van der Waals surface area contributed by atoms with Crippen molar-refractivity contribution in [2.45, 2.75) is 25.2 Å². The third-order valence-corrected chi connectivity index (χ3v) is 7.72. The van der Waals surface area contributed by atoms with Gasteiger partial charge in [0.2, 0.25) is 0 Å². The number of ether oxygens (including phenoxy) is 4. The summed E-state index contributed by atoms with van der Waals surface area (Å²) < 4.78 is 24.8. The molecule has 4 heterocycles. The highest BCUT2D eigenvalue weighted by Crippen LogP contribution is 2.32. The lowest BCUT2D eigenvalue weighted by Crippen LogP contribution is -2.45. The van der Waals surface area contributed by atoms with E-state index in [4.69, 9.17) is 18.9 Å². The minimum atomic E-state index is -0.596. The number of carbonyl (C=O) groups excluding carboxylic acids is 3. The van der Waals surface area contributed by atoms with Crippen LogP contribution in [0.1, 0.15) is 31.8 Å². The van der Waals surface area contributed by atoms with E-state index in [1.807, 2.05) is 36.4 Å². The van der Waals surface area contributed by atoms with Gasteiger partial charge in [0, 0.05) is 24.8 Å². The Balaban J connectivity index is 1.28. The minimum absolute atomic E-state index is 0.206. The van der Waals surface area contributed by atoms with Gasteiger partial charge in [-0.1, -0.05) is 36.4 Å². The van der Waals surface area contributed by atoms with Crippen LogP contribution in [0.3, 0.4) is 0 Å². The number of benzene rings is 3. The lowest BCUT2D eigenvalue weighted by atomic mass is 10.1. The molecule has 12 heteroatoms. The van der Waals surface area contributed by atoms with Crippen LogP contribution in [0.25, 0.3) is 0 Å². The Morgan fingerprint density at radius 3 is 2.60 bits per heavy atom. The molecule has 7 rings (SSSR count). The van der Waals surface area contributed by atoms with Crippen LogP contribution in [0.15, 0.2) is 79.1 Å². The summed E-state index contributed by atoms with van der Waals surface area (Å²) in [6, 6.07) is 19.4. The fourth-order valence-electron chi connectivity index (χ4n) is 5.37. The van der Waals surface area contributed by atoms with E-state index < -0.39 is 18.1 Å². The molecule has 3 aromatic carbocycles. The summed E-state index contributed by atoms with van der Waals surface area (Å²) in [5, 5.41) is 10.2. The lowest BCUT2D eigenvalue weighted by molar-refractivity contribution is -0.123. The highest BCUT2D eigenvalue weighted by Gasteiger charge is 2.39. The molecular weight excluding hydrogens is 578 g/mol. The maximum Gasteiger partial charge on any atom is 0.258 e. The van der Waals surface area contributed by atoms with E-state index in [-0.39, 0.29) is 43.8 Å². The third kappa shape index (κ3) is 6.69. The molecule has 45 heavy (non-hydrogen) atoms. The predicted molar refractivity (Wildman–Crippen MR) is 163 cm³/mol. The standard InChI is InChI=1S/C33H33N5O7/c1-42-26-11-9-23-13-29(26)44-20-31(39)34-14-22-8-10-27(28(12-22)43-2)45-30-19-37(18-25(30)36-32(23)40)33(41)24-15-35-38(17-24)16-21-6-4-3-5-7-21/h3-13,15,17,25,30H,14,16,18-20H2,1-2H3,(H,34,39)(H,36,40)/t25-,30-/m0/s1. The maximum absolute atomic E-state index is 13.7. The zero-order valence-electron chi connectivity index (χ0n) is 24.9. The van der Waals surface area contributed by atoms with Crippen LogP contribution < -0.4 is 29.6 Å². The average molecular weight is 612 g/mol. The largest absolute Gasteiger partial charge is 0.493 e. The maximum atomic E-state index is 13.7. The van der Waals surface area contributed by atoms with E-state index in [1.165, 1.54) is 20.3 Å². The second-order valence-electron chi connectivity index (χ2n) is 10.8. The first-order valence-electron chi connectivity index (χ1n) is 14.5. The van der Waals surface area contributed by atoms with Gasteiger partial charge in [-0.05, 0) is 41.5 Å². The summed E-state index contributed by atoms with van der Waals surface area (Å²) in [7, 11) is 3.00. The van der Waals surface area contributed by atoms with Gasteiger partial charge in [0.1, 0.15) is 6.10 Å². The van der Waals surface area contributed by atoms with Gasteiger partial charge in [0.15, 0.2) is 29.6 Å². The topological polar surface area (TPSA) is 133 Å².